The smallest absolute Gasteiger partial charge is 0.410 e. The van der Waals surface area contributed by atoms with Crippen LogP contribution < -0.4 is 4.90 Å². The first-order valence-corrected chi connectivity index (χ1v) is 11.0. The molecule has 172 valence electrons. The maximum atomic E-state index is 12.7. The molecule has 4 atom stereocenters. The Morgan fingerprint density at radius 1 is 1.31 bits per heavy atom. The standard InChI is InChI=1S/C21H29N7O4/c1-12(11-31-4)20(29)26-6-5-14(8-26)28-16-9-27(10-17(16)32-21(28)30)19-15-7-22-25(3)18(15)23-13(2)24-19/h7,12,14,16-17H,5-6,8-11H2,1-4H3/t12?,14?,16-,17+/m1/s1. The Hall–Kier alpha value is -2.95. The third-order valence-corrected chi connectivity index (χ3v) is 6.75. The molecule has 5 heterocycles. The number of aromatic nitrogens is 4. The molecule has 3 fully saturated rings. The molecule has 3 aliphatic rings. The van der Waals surface area contributed by atoms with Crippen molar-refractivity contribution < 1.29 is 19.1 Å². The third kappa shape index (κ3) is 3.35. The fourth-order valence-electron chi connectivity index (χ4n) is 5.21. The van der Waals surface area contributed by atoms with Crippen LogP contribution >= 0.6 is 0 Å². The molecule has 0 bridgehead atoms. The molecule has 2 aromatic heterocycles. The summed E-state index contributed by atoms with van der Waals surface area (Å²) in [5.41, 5.74) is 0.786. The predicted molar refractivity (Wildman–Crippen MR) is 115 cm³/mol. The molecule has 0 aliphatic carbocycles. The highest BCUT2D eigenvalue weighted by Gasteiger charge is 2.52. The van der Waals surface area contributed by atoms with Crippen LogP contribution in [0.2, 0.25) is 0 Å². The van der Waals surface area contributed by atoms with Crippen molar-refractivity contribution in [1.29, 1.82) is 0 Å². The fourth-order valence-corrected chi connectivity index (χ4v) is 5.21. The number of methoxy groups -OCH3 is 1. The first kappa shape index (κ1) is 20.9. The van der Waals surface area contributed by atoms with Crippen molar-refractivity contribution in [2.45, 2.75) is 38.5 Å². The predicted octanol–water partition coefficient (Wildman–Crippen LogP) is 0.565. The minimum absolute atomic E-state index is 0.0401. The van der Waals surface area contributed by atoms with Gasteiger partial charge >= 0.3 is 6.09 Å². The second-order valence-corrected chi connectivity index (χ2v) is 8.98. The molecule has 0 spiro atoms. The summed E-state index contributed by atoms with van der Waals surface area (Å²) in [4.78, 5) is 40.4. The molecule has 2 unspecified atom stereocenters. The number of hydrogen-bond acceptors (Lipinski definition) is 8. The number of fused-ring (bicyclic) bond motifs is 2. The molecule has 0 aromatic carbocycles. The van der Waals surface area contributed by atoms with Gasteiger partial charge in [0, 0.05) is 33.8 Å². The second-order valence-electron chi connectivity index (χ2n) is 8.98. The molecule has 32 heavy (non-hydrogen) atoms. The van der Waals surface area contributed by atoms with Crippen molar-refractivity contribution in [2.75, 3.05) is 44.8 Å². The van der Waals surface area contributed by atoms with Gasteiger partial charge < -0.3 is 19.3 Å². The van der Waals surface area contributed by atoms with Crippen LogP contribution in [0.15, 0.2) is 6.20 Å². The van der Waals surface area contributed by atoms with Gasteiger partial charge in [-0.15, -0.1) is 0 Å². The van der Waals surface area contributed by atoms with Gasteiger partial charge in [0.05, 0.1) is 42.7 Å². The van der Waals surface area contributed by atoms with E-state index in [0.717, 1.165) is 23.3 Å². The Labute approximate surface area is 186 Å². The number of rotatable bonds is 5. The number of carbonyl (C=O) groups excluding carboxylic acids is 2. The summed E-state index contributed by atoms with van der Waals surface area (Å²) in [5.74, 6) is 1.38. The highest BCUT2D eigenvalue weighted by Crippen LogP contribution is 2.35. The van der Waals surface area contributed by atoms with E-state index in [4.69, 9.17) is 9.47 Å². The van der Waals surface area contributed by atoms with Gasteiger partial charge in [0.15, 0.2) is 5.65 Å². The zero-order valence-electron chi connectivity index (χ0n) is 18.9. The fraction of sp³-hybridized carbons (Fsp3) is 0.667. The van der Waals surface area contributed by atoms with Gasteiger partial charge in [-0.25, -0.2) is 14.8 Å². The number of aryl methyl sites for hydroxylation is 2. The molecular formula is C21H29N7O4. The average Bonchev–Trinajstić information content (AvgIpc) is 3.51. The zero-order valence-corrected chi connectivity index (χ0v) is 18.9. The highest BCUT2D eigenvalue weighted by molar-refractivity contribution is 5.87. The van der Waals surface area contributed by atoms with Gasteiger partial charge in [0.2, 0.25) is 5.91 Å². The molecule has 2 amide bonds. The van der Waals surface area contributed by atoms with Gasteiger partial charge in [0.1, 0.15) is 17.7 Å². The maximum absolute atomic E-state index is 12.7. The monoisotopic (exact) mass is 443 g/mol. The van der Waals surface area contributed by atoms with Crippen molar-refractivity contribution in [2.24, 2.45) is 13.0 Å². The van der Waals surface area contributed by atoms with Crippen molar-refractivity contribution in [1.82, 2.24) is 29.5 Å². The lowest BCUT2D eigenvalue weighted by Gasteiger charge is -2.28. The van der Waals surface area contributed by atoms with Crippen LogP contribution in [0.25, 0.3) is 11.0 Å². The van der Waals surface area contributed by atoms with E-state index in [2.05, 4.69) is 20.0 Å². The molecule has 3 aliphatic heterocycles. The number of likely N-dealkylation sites (tertiary alicyclic amines) is 1. The number of anilines is 1. The van der Waals surface area contributed by atoms with Crippen molar-refractivity contribution in [3.8, 4) is 0 Å². The minimum Gasteiger partial charge on any atom is -0.442 e. The van der Waals surface area contributed by atoms with E-state index in [1.807, 2.05) is 30.7 Å². The van der Waals surface area contributed by atoms with E-state index in [9.17, 15) is 9.59 Å². The third-order valence-electron chi connectivity index (χ3n) is 6.75. The molecule has 0 saturated carbocycles. The summed E-state index contributed by atoms with van der Waals surface area (Å²) < 4.78 is 12.6. The Balaban J connectivity index is 1.33. The molecule has 5 rings (SSSR count). The van der Waals surface area contributed by atoms with Crippen LogP contribution in [0.3, 0.4) is 0 Å². The van der Waals surface area contributed by atoms with E-state index in [1.54, 1.807) is 18.0 Å². The SMILES string of the molecule is COCC(C)C(=O)N1CCC(N2C(=O)O[C@H]3CN(c4nc(C)nc5c4cnn5C)C[C@H]32)C1. The van der Waals surface area contributed by atoms with Crippen molar-refractivity contribution in [3.63, 3.8) is 0 Å². The van der Waals surface area contributed by atoms with Gasteiger partial charge in [-0.3, -0.25) is 14.4 Å². The molecule has 0 N–H and O–H groups in total. The molecule has 11 heteroatoms. The number of ether oxygens (including phenoxy) is 2. The van der Waals surface area contributed by atoms with Crippen LogP contribution in [0.5, 0.6) is 0 Å². The van der Waals surface area contributed by atoms with Crippen LogP contribution in [0.1, 0.15) is 19.2 Å². The zero-order chi connectivity index (χ0) is 22.6. The van der Waals surface area contributed by atoms with E-state index in [1.165, 1.54) is 0 Å². The van der Waals surface area contributed by atoms with Crippen LogP contribution in [-0.2, 0) is 21.3 Å². The summed E-state index contributed by atoms with van der Waals surface area (Å²) >= 11 is 0. The molecule has 3 saturated heterocycles. The number of carbonyl (C=O) groups is 2. The van der Waals surface area contributed by atoms with E-state index in [0.29, 0.717) is 38.6 Å². The van der Waals surface area contributed by atoms with Gasteiger partial charge in [-0.1, -0.05) is 6.92 Å². The topological polar surface area (TPSA) is 106 Å². The first-order valence-electron chi connectivity index (χ1n) is 11.0. The number of nitrogens with zero attached hydrogens (tertiary/aromatic N) is 7. The van der Waals surface area contributed by atoms with E-state index in [-0.39, 0.29) is 36.1 Å². The number of amides is 2. The Morgan fingerprint density at radius 3 is 2.91 bits per heavy atom. The normalized spacial score (nSPS) is 26.2. The molecule has 0 radical (unpaired) electrons. The Bertz CT molecular complexity index is 1060. The lowest BCUT2D eigenvalue weighted by atomic mass is 10.1. The minimum atomic E-state index is -0.283. The van der Waals surface area contributed by atoms with E-state index >= 15 is 0 Å². The quantitative estimate of drug-likeness (QED) is 0.660. The largest absolute Gasteiger partial charge is 0.442 e. The second kappa shape index (κ2) is 7.88. The lowest BCUT2D eigenvalue weighted by molar-refractivity contribution is -0.135. The van der Waals surface area contributed by atoms with Gasteiger partial charge in [-0.2, -0.15) is 5.10 Å². The molecule has 2 aromatic rings. The Morgan fingerprint density at radius 2 is 2.12 bits per heavy atom. The van der Waals surface area contributed by atoms with Crippen LogP contribution in [0.4, 0.5) is 10.6 Å². The van der Waals surface area contributed by atoms with E-state index < -0.39 is 0 Å². The van der Waals surface area contributed by atoms with Gasteiger partial charge in [-0.05, 0) is 13.3 Å². The summed E-state index contributed by atoms with van der Waals surface area (Å²) in [6, 6.07) is -0.109. The van der Waals surface area contributed by atoms with Crippen molar-refractivity contribution in [3.05, 3.63) is 12.0 Å². The van der Waals surface area contributed by atoms with Crippen molar-refractivity contribution >= 4 is 28.9 Å². The summed E-state index contributed by atoms with van der Waals surface area (Å²) in [6.45, 7) is 6.51. The highest BCUT2D eigenvalue weighted by atomic mass is 16.6. The first-order chi connectivity index (χ1) is 15.4. The Kier molecular flexibility index (Phi) is 5.15. The van der Waals surface area contributed by atoms with Crippen LogP contribution in [0, 0.1) is 12.8 Å². The average molecular weight is 444 g/mol. The summed E-state index contributed by atoms with van der Waals surface area (Å²) in [6.07, 6.45) is 2.03. The lowest BCUT2D eigenvalue weighted by Crippen LogP contribution is -2.47. The summed E-state index contributed by atoms with van der Waals surface area (Å²) in [7, 11) is 3.46. The summed E-state index contributed by atoms with van der Waals surface area (Å²) in [5, 5.41) is 5.22. The molecule has 11 nitrogen and oxygen atoms in total. The number of hydrogen-bond donors (Lipinski definition) is 0. The molecular weight excluding hydrogens is 414 g/mol. The van der Waals surface area contributed by atoms with Crippen LogP contribution in [-0.4, -0.2) is 99.6 Å². The van der Waals surface area contributed by atoms with Gasteiger partial charge in [0.25, 0.3) is 0 Å². The maximum Gasteiger partial charge on any atom is 0.410 e.